The van der Waals surface area contributed by atoms with Crippen LogP contribution in [0.25, 0.3) is 0 Å². The van der Waals surface area contributed by atoms with Gasteiger partial charge >= 0.3 is 83.2 Å². The first-order valence-corrected chi connectivity index (χ1v) is 23.2. The first kappa shape index (κ1) is 50.0. The van der Waals surface area contributed by atoms with Gasteiger partial charge in [-0.3, -0.25) is 36.4 Å². The lowest BCUT2D eigenvalue weighted by atomic mass is 9.78. The molecule has 0 aromatic carbocycles. The highest BCUT2D eigenvalue weighted by Crippen LogP contribution is 2.53. The molecule has 2 heterocycles. The number of hydrogen-bond donors (Lipinski definition) is 9. The van der Waals surface area contributed by atoms with Gasteiger partial charge in [-0.1, -0.05) is 0 Å². The molecule has 9 N–H and O–H groups in total. The van der Waals surface area contributed by atoms with Crippen molar-refractivity contribution in [3.8, 4) is 0 Å². The van der Waals surface area contributed by atoms with Gasteiger partial charge < -0.3 is 14.6 Å². The molecule has 0 radical (unpaired) electrons. The molecule has 2 saturated heterocycles. The third-order valence-electron chi connectivity index (χ3n) is 6.13. The normalized spacial score (nSPS) is 32.1. The lowest BCUT2D eigenvalue weighted by molar-refractivity contribution is -0.394. The molecule has 0 saturated carbocycles. The molecule has 2 fully saturated rings. The SMILES string of the molecule is O=S(=O)(O)OC[C@H]1O[C@](COS(=O)(=O)O)([C@]2(OS(=O)(=O)O)O[C@H](CO)[C@@H](OS(=O)(=O)O)[C@H](OS(=O)(=O)O)[C@H]2OS(=O)(=O)O)[C@@H](OS(=O)(=O)O)[C@@H]1OS(=O)(=O)O. The van der Waals surface area contributed by atoms with Gasteiger partial charge in [-0.2, -0.15) is 67.3 Å². The molecule has 0 unspecified atom stereocenters. The Morgan fingerprint density at radius 2 is 0.836 bits per heavy atom. The highest BCUT2D eigenvalue weighted by atomic mass is 32.3. The Hall–Kier alpha value is -1.16. The molecule has 0 spiro atoms. The van der Waals surface area contributed by atoms with E-state index in [4.69, 9.17) is 14.0 Å². The van der Waals surface area contributed by atoms with Crippen molar-refractivity contribution < 1.29 is 152 Å². The minimum atomic E-state index is -6.85. The van der Waals surface area contributed by atoms with Crippen LogP contribution in [0.5, 0.6) is 0 Å². The second kappa shape index (κ2) is 16.5. The van der Waals surface area contributed by atoms with E-state index in [0.717, 1.165) is 0 Å². The fourth-order valence-corrected chi connectivity index (χ4v) is 8.56. The Morgan fingerprint density at radius 1 is 0.436 bits per heavy atom. The monoisotopic (exact) mass is 982 g/mol. The van der Waals surface area contributed by atoms with Crippen LogP contribution in [0.4, 0.5) is 0 Å². The predicted octanol–water partition coefficient (Wildman–Crippen LogP) is -7.39. The molecular weight excluding hydrogens is 961 g/mol. The minimum Gasteiger partial charge on any atom is -0.394 e. The Balaban J connectivity index is 3.49. The molecule has 328 valence electrons. The average Bonchev–Trinajstić information content (AvgIpc) is 3.16. The molecule has 0 aromatic rings. The fraction of sp³-hybridized carbons (Fsp3) is 1.00. The van der Waals surface area contributed by atoms with Gasteiger partial charge in [0.25, 0.3) is 5.79 Å². The molecule has 43 heteroatoms. The fourth-order valence-electron chi connectivity index (χ4n) is 4.81. The van der Waals surface area contributed by atoms with Gasteiger partial charge in [0.15, 0.2) is 11.7 Å². The van der Waals surface area contributed by atoms with Gasteiger partial charge in [-0.15, -0.1) is 0 Å². The summed E-state index contributed by atoms with van der Waals surface area (Å²) in [6, 6.07) is 0. The summed E-state index contributed by atoms with van der Waals surface area (Å²) in [7, 11) is -51.2. The molecule has 2 rings (SSSR count). The van der Waals surface area contributed by atoms with Gasteiger partial charge in [-0.25, -0.2) is 33.5 Å². The molecule has 0 aliphatic carbocycles. The molecule has 0 aromatic heterocycles. The van der Waals surface area contributed by atoms with E-state index in [1.165, 1.54) is 0 Å². The summed E-state index contributed by atoms with van der Waals surface area (Å²) in [4.78, 5) is 0. The quantitative estimate of drug-likeness (QED) is 0.0512. The maximum Gasteiger partial charge on any atom is 0.400 e. The van der Waals surface area contributed by atoms with Crippen LogP contribution in [0.1, 0.15) is 0 Å². The molecule has 35 nitrogen and oxygen atoms in total. The topological polar surface area (TPSA) is 547 Å². The van der Waals surface area contributed by atoms with Crippen LogP contribution in [-0.2, 0) is 126 Å². The highest BCUT2D eigenvalue weighted by molar-refractivity contribution is 7.82. The van der Waals surface area contributed by atoms with Gasteiger partial charge in [0, 0.05) is 0 Å². The summed E-state index contributed by atoms with van der Waals surface area (Å²) >= 11 is 0. The maximum absolute atomic E-state index is 12.4. The van der Waals surface area contributed by atoms with E-state index >= 15 is 0 Å². The molecular formula is C12H22O35S8. The highest BCUT2D eigenvalue weighted by Gasteiger charge is 2.79. The Bertz CT molecular complexity index is 2310. The molecule has 2 aliphatic rings. The Morgan fingerprint density at radius 3 is 1.22 bits per heavy atom. The lowest BCUT2D eigenvalue weighted by Crippen LogP contribution is -2.80. The standard InChI is InChI=1S/C12H22O35S8/c13-1-4-6(42-50(20,21)22)8(44-52(26,27)28)10(46-54(32,33)34)12(41-4,47-55(35,36)37)11(3-39-49(17,18)19)9(45-53(29,30)31)7(43-51(23,24)25)5(40-11)2-38-48(14,15)16/h4-10,13H,1-3H2,(H,14,15,16)(H,17,18,19)(H,20,21,22)(H,23,24,25)(H,26,27,28)(H,29,30,31)(H,32,33,34)(H,35,36,37)/t4-,5-,6-,7-,8+,9+,10-,11+,12+/m1/s1. The number of ether oxygens (including phenoxy) is 2. The van der Waals surface area contributed by atoms with Gasteiger partial charge in [-0.05, 0) is 0 Å². The average molecular weight is 983 g/mol. The van der Waals surface area contributed by atoms with Crippen molar-refractivity contribution in [3.05, 3.63) is 0 Å². The predicted molar refractivity (Wildman–Crippen MR) is 152 cm³/mol. The Kier molecular flexibility index (Phi) is 15.0. The number of rotatable bonds is 20. The van der Waals surface area contributed by atoms with E-state index in [-0.39, 0.29) is 0 Å². The van der Waals surface area contributed by atoms with Crippen molar-refractivity contribution in [2.24, 2.45) is 0 Å². The van der Waals surface area contributed by atoms with Gasteiger partial charge in [0.2, 0.25) is 0 Å². The second-order valence-electron chi connectivity index (χ2n) is 9.82. The van der Waals surface area contributed by atoms with E-state index in [1.807, 2.05) is 0 Å². The summed E-state index contributed by atoms with van der Waals surface area (Å²) in [5.74, 6) is -5.16. The van der Waals surface area contributed by atoms with Crippen LogP contribution in [0.15, 0.2) is 0 Å². The minimum absolute atomic E-state index is 2.14. The van der Waals surface area contributed by atoms with Crippen LogP contribution in [0, 0.1) is 0 Å². The zero-order chi connectivity index (χ0) is 43.2. The summed E-state index contributed by atoms with van der Waals surface area (Å²) in [5.41, 5.74) is -4.77. The van der Waals surface area contributed by atoms with E-state index in [0.29, 0.717) is 0 Å². The van der Waals surface area contributed by atoms with Crippen molar-refractivity contribution in [1.29, 1.82) is 0 Å². The van der Waals surface area contributed by atoms with Gasteiger partial charge in [0.1, 0.15) is 43.2 Å². The molecule has 55 heavy (non-hydrogen) atoms. The summed E-state index contributed by atoms with van der Waals surface area (Å²) < 4.78 is 308. The summed E-state index contributed by atoms with van der Waals surface area (Å²) in [6.45, 7) is -7.10. The third kappa shape index (κ3) is 14.9. The van der Waals surface area contributed by atoms with Crippen molar-refractivity contribution in [2.75, 3.05) is 19.8 Å². The zero-order valence-electron chi connectivity index (χ0n) is 25.1. The largest absolute Gasteiger partial charge is 0.400 e. The number of hydrogen-bond acceptors (Lipinski definition) is 27. The third-order valence-corrected chi connectivity index (χ3v) is 9.73. The van der Waals surface area contributed by atoms with Crippen molar-refractivity contribution >= 4 is 83.2 Å². The van der Waals surface area contributed by atoms with Crippen LogP contribution in [0.2, 0.25) is 0 Å². The van der Waals surface area contributed by atoms with E-state index in [9.17, 15) is 104 Å². The summed E-state index contributed by atoms with van der Waals surface area (Å²) in [6.07, 6.45) is -25.5. The second-order valence-corrected chi connectivity index (χ2v) is 18.3. The van der Waals surface area contributed by atoms with Crippen LogP contribution < -0.4 is 0 Å². The Labute approximate surface area is 307 Å². The van der Waals surface area contributed by atoms with Crippen molar-refractivity contribution in [3.63, 3.8) is 0 Å². The molecule has 2 aliphatic heterocycles. The van der Waals surface area contributed by atoms with E-state index < -0.39 is 157 Å². The number of aliphatic hydroxyl groups is 1. The number of aliphatic hydroxyl groups excluding tert-OH is 1. The first-order valence-electron chi connectivity index (χ1n) is 12.3. The maximum atomic E-state index is 12.4. The smallest absolute Gasteiger partial charge is 0.394 e. The van der Waals surface area contributed by atoms with E-state index in [2.05, 4.69) is 33.5 Å². The van der Waals surface area contributed by atoms with Crippen molar-refractivity contribution in [2.45, 2.75) is 54.1 Å². The zero-order valence-corrected chi connectivity index (χ0v) is 31.6. The van der Waals surface area contributed by atoms with Gasteiger partial charge in [0.05, 0.1) is 13.2 Å². The van der Waals surface area contributed by atoms with Crippen LogP contribution in [0.3, 0.4) is 0 Å². The van der Waals surface area contributed by atoms with Crippen LogP contribution >= 0.6 is 0 Å². The summed E-state index contributed by atoms with van der Waals surface area (Å²) in [5, 5.41) is 10.0. The van der Waals surface area contributed by atoms with Crippen LogP contribution in [-0.4, -0.2) is 183 Å². The molecule has 0 amide bonds. The van der Waals surface area contributed by atoms with Crippen molar-refractivity contribution in [1.82, 2.24) is 0 Å². The van der Waals surface area contributed by atoms with E-state index in [1.54, 1.807) is 0 Å². The lowest BCUT2D eigenvalue weighted by Gasteiger charge is -2.55. The molecule has 9 atom stereocenters. The first-order chi connectivity index (χ1) is 24.1. The molecule has 0 bridgehead atoms.